The summed E-state index contributed by atoms with van der Waals surface area (Å²) in [7, 11) is 0. The van der Waals surface area contributed by atoms with Crippen LogP contribution in [0.3, 0.4) is 0 Å². The molecule has 1 aliphatic rings. The normalized spacial score (nSPS) is 15.3. The predicted molar refractivity (Wildman–Crippen MR) is 74.8 cm³/mol. The standard InChI is InChI=1S/C13H17N3OS/c1-7(2)11-15-12-10(13(17)16(11)14)8-5-3-4-6-9(8)18-12/h7H,3-6,14H2,1-2H3. The molecule has 2 aromatic heterocycles. The highest BCUT2D eigenvalue weighted by atomic mass is 32.1. The second kappa shape index (κ2) is 4.09. The van der Waals surface area contributed by atoms with E-state index in [1.54, 1.807) is 11.3 Å². The first-order chi connectivity index (χ1) is 8.59. The predicted octanol–water partition coefficient (Wildman–Crippen LogP) is 2.17. The van der Waals surface area contributed by atoms with Gasteiger partial charge in [0.05, 0.1) is 5.39 Å². The van der Waals surface area contributed by atoms with Crippen LogP contribution in [0.15, 0.2) is 4.79 Å². The van der Waals surface area contributed by atoms with E-state index >= 15 is 0 Å². The zero-order valence-corrected chi connectivity index (χ0v) is 11.5. The Morgan fingerprint density at radius 3 is 2.78 bits per heavy atom. The van der Waals surface area contributed by atoms with Gasteiger partial charge in [0.25, 0.3) is 5.56 Å². The average molecular weight is 263 g/mol. The second-order valence-corrected chi connectivity index (χ2v) is 6.27. The van der Waals surface area contributed by atoms with Gasteiger partial charge in [-0.25, -0.2) is 9.66 Å². The van der Waals surface area contributed by atoms with Crippen molar-refractivity contribution in [2.75, 3.05) is 5.84 Å². The molecule has 4 nitrogen and oxygen atoms in total. The third-order valence-corrected chi connectivity index (χ3v) is 4.75. The highest BCUT2D eigenvalue weighted by Gasteiger charge is 2.21. The lowest BCUT2D eigenvalue weighted by Crippen LogP contribution is -2.32. The maximum Gasteiger partial charge on any atom is 0.280 e. The number of nitrogen functional groups attached to an aromatic ring is 1. The van der Waals surface area contributed by atoms with Gasteiger partial charge in [-0.1, -0.05) is 13.8 Å². The van der Waals surface area contributed by atoms with E-state index in [0.717, 1.165) is 29.5 Å². The third kappa shape index (κ3) is 1.57. The van der Waals surface area contributed by atoms with E-state index in [1.165, 1.54) is 21.5 Å². The maximum atomic E-state index is 12.4. The van der Waals surface area contributed by atoms with Crippen LogP contribution >= 0.6 is 11.3 Å². The Morgan fingerprint density at radius 2 is 2.06 bits per heavy atom. The summed E-state index contributed by atoms with van der Waals surface area (Å²) in [5, 5.41) is 0.765. The van der Waals surface area contributed by atoms with Crippen molar-refractivity contribution in [2.24, 2.45) is 0 Å². The Morgan fingerprint density at radius 1 is 1.33 bits per heavy atom. The Bertz CT molecular complexity index is 669. The van der Waals surface area contributed by atoms with Crippen LogP contribution in [-0.2, 0) is 12.8 Å². The zero-order valence-electron chi connectivity index (χ0n) is 10.7. The van der Waals surface area contributed by atoms with Crippen molar-refractivity contribution in [3.63, 3.8) is 0 Å². The summed E-state index contributed by atoms with van der Waals surface area (Å²) in [6.45, 7) is 4.01. The minimum absolute atomic E-state index is 0.0805. The van der Waals surface area contributed by atoms with E-state index < -0.39 is 0 Å². The molecule has 0 aromatic carbocycles. The lowest BCUT2D eigenvalue weighted by Gasteiger charge is -2.11. The lowest BCUT2D eigenvalue weighted by molar-refractivity contribution is 0.693. The van der Waals surface area contributed by atoms with Crippen LogP contribution in [-0.4, -0.2) is 9.66 Å². The Hall–Kier alpha value is -1.36. The topological polar surface area (TPSA) is 60.9 Å². The summed E-state index contributed by atoms with van der Waals surface area (Å²) in [5.74, 6) is 6.72. The molecule has 0 atom stereocenters. The number of aromatic nitrogens is 2. The van der Waals surface area contributed by atoms with Crippen LogP contribution < -0.4 is 11.4 Å². The van der Waals surface area contributed by atoms with E-state index in [0.29, 0.717) is 5.82 Å². The van der Waals surface area contributed by atoms with Gasteiger partial charge in [-0.3, -0.25) is 4.79 Å². The van der Waals surface area contributed by atoms with E-state index in [-0.39, 0.29) is 11.5 Å². The molecule has 3 rings (SSSR count). The summed E-state index contributed by atoms with van der Waals surface area (Å²) in [5.41, 5.74) is 1.12. The van der Waals surface area contributed by atoms with Gasteiger partial charge in [0.1, 0.15) is 10.7 Å². The smallest absolute Gasteiger partial charge is 0.280 e. The van der Waals surface area contributed by atoms with Crippen LogP contribution in [0, 0.1) is 0 Å². The fourth-order valence-corrected chi connectivity index (χ4v) is 3.90. The molecule has 0 saturated carbocycles. The maximum absolute atomic E-state index is 12.4. The monoisotopic (exact) mass is 263 g/mol. The van der Waals surface area contributed by atoms with E-state index in [9.17, 15) is 4.79 Å². The van der Waals surface area contributed by atoms with Gasteiger partial charge < -0.3 is 5.84 Å². The summed E-state index contributed by atoms with van der Waals surface area (Å²) in [6.07, 6.45) is 4.45. The molecule has 96 valence electrons. The van der Waals surface area contributed by atoms with Crippen molar-refractivity contribution in [1.82, 2.24) is 9.66 Å². The Labute approximate surface area is 109 Å². The minimum atomic E-state index is -0.0805. The largest absolute Gasteiger partial charge is 0.335 e. The van der Waals surface area contributed by atoms with Gasteiger partial charge in [-0.05, 0) is 31.2 Å². The van der Waals surface area contributed by atoms with Crippen LogP contribution in [0.25, 0.3) is 10.2 Å². The van der Waals surface area contributed by atoms with Crippen LogP contribution in [0.4, 0.5) is 0 Å². The van der Waals surface area contributed by atoms with E-state index in [4.69, 9.17) is 5.84 Å². The molecule has 5 heteroatoms. The van der Waals surface area contributed by atoms with Crippen molar-refractivity contribution in [3.8, 4) is 0 Å². The summed E-state index contributed by atoms with van der Waals surface area (Å²) in [6, 6.07) is 0. The molecule has 2 N–H and O–H groups in total. The zero-order chi connectivity index (χ0) is 12.9. The molecule has 0 radical (unpaired) electrons. The Balaban J connectivity index is 2.37. The third-order valence-electron chi connectivity index (χ3n) is 3.56. The number of nitrogens with two attached hydrogens (primary N) is 1. The first kappa shape index (κ1) is 11.7. The number of aryl methyl sites for hydroxylation is 2. The first-order valence-electron chi connectivity index (χ1n) is 6.42. The quantitative estimate of drug-likeness (QED) is 0.802. The fraction of sp³-hybridized carbons (Fsp3) is 0.538. The van der Waals surface area contributed by atoms with Crippen molar-refractivity contribution in [2.45, 2.75) is 45.4 Å². The summed E-state index contributed by atoms with van der Waals surface area (Å²) < 4.78 is 1.23. The molecule has 0 unspecified atom stereocenters. The number of fused-ring (bicyclic) bond motifs is 3. The molecule has 18 heavy (non-hydrogen) atoms. The molecule has 0 aliphatic heterocycles. The second-order valence-electron chi connectivity index (χ2n) is 5.19. The molecule has 0 fully saturated rings. The fourth-order valence-electron chi connectivity index (χ4n) is 2.64. The van der Waals surface area contributed by atoms with Gasteiger partial charge in [-0.15, -0.1) is 11.3 Å². The summed E-state index contributed by atoms with van der Waals surface area (Å²) >= 11 is 1.67. The van der Waals surface area contributed by atoms with Gasteiger partial charge in [0.2, 0.25) is 0 Å². The van der Waals surface area contributed by atoms with Gasteiger partial charge in [-0.2, -0.15) is 0 Å². The molecule has 1 aliphatic carbocycles. The average Bonchev–Trinajstić information content (AvgIpc) is 2.71. The SMILES string of the molecule is CC(C)c1nc2sc3c(c2c(=O)n1N)CCCC3. The number of rotatable bonds is 1. The molecular formula is C13H17N3OS. The summed E-state index contributed by atoms with van der Waals surface area (Å²) in [4.78, 5) is 19.2. The first-order valence-corrected chi connectivity index (χ1v) is 7.23. The molecule has 0 saturated heterocycles. The van der Waals surface area contributed by atoms with Crippen molar-refractivity contribution >= 4 is 21.6 Å². The lowest BCUT2D eigenvalue weighted by atomic mass is 9.97. The number of nitrogens with zero attached hydrogens (tertiary/aromatic N) is 2. The molecule has 0 spiro atoms. The number of hydrogen-bond acceptors (Lipinski definition) is 4. The molecule has 2 heterocycles. The van der Waals surface area contributed by atoms with Crippen LogP contribution in [0.1, 0.15) is 48.9 Å². The van der Waals surface area contributed by atoms with Crippen molar-refractivity contribution < 1.29 is 0 Å². The van der Waals surface area contributed by atoms with Gasteiger partial charge >= 0.3 is 0 Å². The molecular weight excluding hydrogens is 246 g/mol. The van der Waals surface area contributed by atoms with Gasteiger partial charge in [0.15, 0.2) is 0 Å². The number of thiophene rings is 1. The molecule has 0 bridgehead atoms. The minimum Gasteiger partial charge on any atom is -0.335 e. The van der Waals surface area contributed by atoms with Crippen LogP contribution in [0.2, 0.25) is 0 Å². The molecule has 0 amide bonds. The number of hydrogen-bond donors (Lipinski definition) is 1. The van der Waals surface area contributed by atoms with Crippen molar-refractivity contribution in [1.29, 1.82) is 0 Å². The van der Waals surface area contributed by atoms with E-state index in [2.05, 4.69) is 4.98 Å². The highest BCUT2D eigenvalue weighted by Crippen LogP contribution is 2.33. The van der Waals surface area contributed by atoms with Gasteiger partial charge in [0, 0.05) is 10.8 Å². The van der Waals surface area contributed by atoms with Crippen LogP contribution in [0.5, 0.6) is 0 Å². The highest BCUT2D eigenvalue weighted by molar-refractivity contribution is 7.18. The Kier molecular flexibility index (Phi) is 2.66. The van der Waals surface area contributed by atoms with E-state index in [1.807, 2.05) is 13.8 Å². The molecule has 2 aromatic rings. The van der Waals surface area contributed by atoms with Crippen molar-refractivity contribution in [3.05, 3.63) is 26.6 Å².